The lowest BCUT2D eigenvalue weighted by atomic mass is 10.1. The number of nitrogens with zero attached hydrogens (tertiary/aromatic N) is 2. The fraction of sp³-hybridized carbons (Fsp3) is 0.435. The Bertz CT molecular complexity index is 854. The summed E-state index contributed by atoms with van der Waals surface area (Å²) in [6.45, 7) is 4.35. The quantitative estimate of drug-likeness (QED) is 0.372. The summed E-state index contributed by atoms with van der Waals surface area (Å²) in [5.74, 6) is 0.392. The molecule has 0 heterocycles. The van der Waals surface area contributed by atoms with Crippen LogP contribution in [0, 0.1) is 10.1 Å². The van der Waals surface area contributed by atoms with E-state index < -0.39 is 11.2 Å². The zero-order valence-electron chi connectivity index (χ0n) is 18.6. The van der Waals surface area contributed by atoms with Crippen LogP contribution in [0.15, 0.2) is 48.5 Å². The fourth-order valence-corrected chi connectivity index (χ4v) is 3.01. The molecule has 2 rings (SSSR count). The molecule has 1 amide bonds. The van der Waals surface area contributed by atoms with E-state index in [1.54, 1.807) is 36.3 Å². The van der Waals surface area contributed by atoms with Crippen molar-refractivity contribution in [2.24, 2.45) is 0 Å². The summed E-state index contributed by atoms with van der Waals surface area (Å²) in [4.78, 5) is 29.1. The van der Waals surface area contributed by atoms with Crippen LogP contribution in [-0.2, 0) is 22.6 Å². The van der Waals surface area contributed by atoms with Crippen LogP contribution in [0.2, 0.25) is 0 Å². The summed E-state index contributed by atoms with van der Waals surface area (Å²) < 4.78 is 10.7. The minimum Gasteiger partial charge on any atom is -0.491 e. The second-order valence-corrected chi connectivity index (χ2v) is 7.60. The molecule has 174 valence electrons. The molecule has 0 bridgehead atoms. The Kier molecular flexibility index (Phi) is 9.90. The average molecular weight is 447 g/mol. The molecule has 0 radical (unpaired) electrons. The zero-order chi connectivity index (χ0) is 23.5. The third-order valence-corrected chi connectivity index (χ3v) is 4.79. The Morgan fingerprint density at radius 3 is 2.28 bits per heavy atom. The predicted molar refractivity (Wildman–Crippen MR) is 118 cm³/mol. The van der Waals surface area contributed by atoms with Crippen molar-refractivity contribution in [1.29, 1.82) is 0 Å². The Hall–Kier alpha value is -3.17. The summed E-state index contributed by atoms with van der Waals surface area (Å²) >= 11 is 0. The fourth-order valence-electron chi connectivity index (χ4n) is 3.01. The molecule has 1 N–H and O–H groups in total. The van der Waals surface area contributed by atoms with E-state index in [2.05, 4.69) is 4.84 Å². The van der Waals surface area contributed by atoms with Crippen molar-refractivity contribution in [3.8, 4) is 5.75 Å². The van der Waals surface area contributed by atoms with Crippen LogP contribution in [0.1, 0.15) is 35.3 Å². The Balaban J connectivity index is 1.91. The third kappa shape index (κ3) is 8.16. The average Bonchev–Trinajstić information content (AvgIpc) is 2.78. The van der Waals surface area contributed by atoms with Crippen molar-refractivity contribution in [1.82, 2.24) is 4.90 Å². The number of ether oxygens (including phenoxy) is 2. The second kappa shape index (κ2) is 12.6. The van der Waals surface area contributed by atoms with Crippen molar-refractivity contribution in [2.75, 3.05) is 26.9 Å². The van der Waals surface area contributed by atoms with Gasteiger partial charge < -0.3 is 24.3 Å². The SMILES string of the molecule is COCCc1ccc(OCC(O)CN(C(=O)c2ccc(CO[N+](=O)[O-])cc2)C(C)C)cc1. The van der Waals surface area contributed by atoms with Gasteiger partial charge in [0.1, 0.15) is 25.1 Å². The van der Waals surface area contributed by atoms with Crippen LogP contribution in [0.4, 0.5) is 0 Å². The molecule has 0 aliphatic carbocycles. The molecule has 0 aliphatic heterocycles. The topological polar surface area (TPSA) is 111 Å². The van der Waals surface area contributed by atoms with E-state index in [4.69, 9.17) is 9.47 Å². The molecule has 9 nitrogen and oxygen atoms in total. The van der Waals surface area contributed by atoms with Gasteiger partial charge in [0.15, 0.2) is 0 Å². The minimum atomic E-state index is -0.873. The lowest BCUT2D eigenvalue weighted by Gasteiger charge is -2.29. The van der Waals surface area contributed by atoms with Gasteiger partial charge >= 0.3 is 0 Å². The highest BCUT2D eigenvalue weighted by molar-refractivity contribution is 5.94. The standard InChI is InChI=1S/C23H30N2O7/c1-17(2)24(23(27)20-8-4-19(5-9-20)15-32-25(28)29)14-21(26)16-31-22-10-6-18(7-11-22)12-13-30-3/h4-11,17,21,26H,12-16H2,1-3H3. The number of aliphatic hydroxyl groups excluding tert-OH is 1. The van der Waals surface area contributed by atoms with E-state index in [0.717, 1.165) is 12.0 Å². The summed E-state index contributed by atoms with van der Waals surface area (Å²) in [6, 6.07) is 13.8. The number of carbonyl (C=O) groups excluding carboxylic acids is 1. The summed E-state index contributed by atoms with van der Waals surface area (Å²) in [5.41, 5.74) is 2.13. The van der Waals surface area contributed by atoms with E-state index in [0.29, 0.717) is 23.5 Å². The first-order valence-corrected chi connectivity index (χ1v) is 10.4. The molecule has 0 fully saturated rings. The van der Waals surface area contributed by atoms with Gasteiger partial charge in [0, 0.05) is 18.7 Å². The van der Waals surface area contributed by atoms with E-state index in [1.807, 2.05) is 38.1 Å². The van der Waals surface area contributed by atoms with Gasteiger partial charge in [0.05, 0.1) is 13.2 Å². The molecule has 2 aromatic rings. The predicted octanol–water partition coefficient (Wildman–Crippen LogP) is 2.87. The maximum atomic E-state index is 12.9. The molecule has 0 aliphatic rings. The highest BCUT2D eigenvalue weighted by Crippen LogP contribution is 2.15. The molecular weight excluding hydrogens is 416 g/mol. The van der Waals surface area contributed by atoms with Crippen LogP contribution in [0.25, 0.3) is 0 Å². The summed E-state index contributed by atoms with van der Waals surface area (Å²) in [5, 5.41) is 19.9. The Morgan fingerprint density at radius 2 is 1.72 bits per heavy atom. The van der Waals surface area contributed by atoms with Gasteiger partial charge in [0.25, 0.3) is 11.0 Å². The second-order valence-electron chi connectivity index (χ2n) is 7.60. The number of methoxy groups -OCH3 is 1. The van der Waals surface area contributed by atoms with Crippen molar-refractivity contribution in [3.63, 3.8) is 0 Å². The monoisotopic (exact) mass is 446 g/mol. The van der Waals surface area contributed by atoms with Gasteiger partial charge in [-0.2, -0.15) is 0 Å². The highest BCUT2D eigenvalue weighted by Gasteiger charge is 2.22. The molecule has 32 heavy (non-hydrogen) atoms. The Morgan fingerprint density at radius 1 is 1.09 bits per heavy atom. The lowest BCUT2D eigenvalue weighted by molar-refractivity contribution is -0.763. The zero-order valence-corrected chi connectivity index (χ0v) is 18.6. The van der Waals surface area contributed by atoms with E-state index in [1.165, 1.54) is 0 Å². The van der Waals surface area contributed by atoms with Crippen molar-refractivity contribution < 1.29 is 29.3 Å². The number of rotatable bonds is 13. The van der Waals surface area contributed by atoms with Gasteiger partial charge in [-0.15, -0.1) is 10.1 Å². The lowest BCUT2D eigenvalue weighted by Crippen LogP contribution is -2.43. The number of amides is 1. The molecule has 9 heteroatoms. The van der Waals surface area contributed by atoms with Crippen molar-refractivity contribution in [2.45, 2.75) is 39.0 Å². The van der Waals surface area contributed by atoms with Gasteiger partial charge in [-0.3, -0.25) is 4.79 Å². The van der Waals surface area contributed by atoms with Gasteiger partial charge in [-0.05, 0) is 55.7 Å². The number of aliphatic hydroxyl groups is 1. The number of hydrogen-bond acceptors (Lipinski definition) is 7. The molecule has 0 saturated heterocycles. The first-order chi connectivity index (χ1) is 15.3. The molecule has 1 atom stereocenters. The molecule has 0 aromatic heterocycles. The first kappa shape index (κ1) is 25.1. The van der Waals surface area contributed by atoms with E-state index >= 15 is 0 Å². The maximum absolute atomic E-state index is 12.9. The largest absolute Gasteiger partial charge is 0.491 e. The van der Waals surface area contributed by atoms with Gasteiger partial charge in [-0.25, -0.2) is 0 Å². The smallest absolute Gasteiger partial charge is 0.294 e. The highest BCUT2D eigenvalue weighted by atomic mass is 16.9. The van der Waals surface area contributed by atoms with Crippen LogP contribution in [-0.4, -0.2) is 60.0 Å². The number of benzene rings is 2. The number of hydrogen-bond donors (Lipinski definition) is 1. The van der Waals surface area contributed by atoms with Gasteiger partial charge in [-0.1, -0.05) is 24.3 Å². The molecule has 0 spiro atoms. The molecule has 0 saturated carbocycles. The van der Waals surface area contributed by atoms with E-state index in [-0.39, 0.29) is 31.7 Å². The third-order valence-electron chi connectivity index (χ3n) is 4.79. The number of carbonyl (C=O) groups is 1. The van der Waals surface area contributed by atoms with Crippen molar-refractivity contribution >= 4 is 5.91 Å². The van der Waals surface area contributed by atoms with Crippen LogP contribution >= 0.6 is 0 Å². The van der Waals surface area contributed by atoms with E-state index in [9.17, 15) is 20.0 Å². The van der Waals surface area contributed by atoms with Crippen LogP contribution < -0.4 is 4.74 Å². The van der Waals surface area contributed by atoms with Crippen molar-refractivity contribution in [3.05, 3.63) is 75.3 Å². The van der Waals surface area contributed by atoms with Crippen LogP contribution in [0.5, 0.6) is 5.75 Å². The summed E-state index contributed by atoms with van der Waals surface area (Å²) in [6.07, 6.45) is -0.0588. The molecule has 1 unspecified atom stereocenters. The van der Waals surface area contributed by atoms with Gasteiger partial charge in [0.2, 0.25) is 0 Å². The Labute approximate surface area is 187 Å². The van der Waals surface area contributed by atoms with Crippen LogP contribution in [0.3, 0.4) is 0 Å². The normalized spacial score (nSPS) is 11.8. The molecule has 2 aromatic carbocycles. The first-order valence-electron chi connectivity index (χ1n) is 10.4. The minimum absolute atomic E-state index is 0.0467. The molecular formula is C23H30N2O7. The summed E-state index contributed by atoms with van der Waals surface area (Å²) in [7, 11) is 1.66. The maximum Gasteiger partial charge on any atom is 0.294 e.